The van der Waals surface area contributed by atoms with E-state index in [0.29, 0.717) is 0 Å². The molecule has 0 fully saturated rings. The average molecular weight is 181 g/mol. The number of hydrogen-bond acceptors (Lipinski definition) is 1. The Morgan fingerprint density at radius 3 is 2.58 bits per heavy atom. The fourth-order valence-corrected chi connectivity index (χ4v) is 0.630. The van der Waals surface area contributed by atoms with E-state index < -0.39 is 48.0 Å². The fraction of sp³-hybridized carbons (Fsp3) is 0.250. The second kappa shape index (κ2) is 2.69. The number of hydrogen-bond donors (Lipinski definition) is 1. The van der Waals surface area contributed by atoms with Crippen molar-refractivity contribution in [3.63, 3.8) is 0 Å². The van der Waals surface area contributed by atoms with E-state index in [1.165, 1.54) is 0 Å². The largest absolute Gasteiger partial charge is 0.416 e. The lowest BCUT2D eigenvalue weighted by Crippen LogP contribution is -2.05. The maximum absolute atomic E-state index is 12.6. The Balaban J connectivity index is 3.83. The standard InChI is InChI=1S/C8H8F3N/c1-5-2-6(8(9,10)11)4-7(12)3-5/h2-4H,12H2,1H3/i1D3,2D,3D,4D. The zero-order chi connectivity index (χ0) is 14.5. The molecule has 0 saturated carbocycles. The minimum atomic E-state index is -5.07. The SMILES string of the molecule is [2H]c1c(N)c([2H])c(C(F)(F)F)c([2H])c1C([2H])([2H])[2H]. The first-order chi connectivity index (χ1) is 7.89. The van der Waals surface area contributed by atoms with Gasteiger partial charge in [0.15, 0.2) is 0 Å². The molecule has 1 aromatic rings. The third-order valence-corrected chi connectivity index (χ3v) is 1.05. The molecule has 0 bridgehead atoms. The monoisotopic (exact) mass is 181 g/mol. The van der Waals surface area contributed by atoms with Gasteiger partial charge in [-0.25, -0.2) is 0 Å². The molecule has 0 atom stereocenters. The van der Waals surface area contributed by atoms with Gasteiger partial charge in [0.1, 0.15) is 0 Å². The Hall–Kier alpha value is -1.19. The van der Waals surface area contributed by atoms with Gasteiger partial charge in [-0.15, -0.1) is 0 Å². The number of halogens is 3. The number of nitrogen functional groups attached to an aromatic ring is 1. The number of anilines is 1. The van der Waals surface area contributed by atoms with Crippen LogP contribution in [0.3, 0.4) is 0 Å². The molecule has 0 spiro atoms. The number of benzene rings is 1. The van der Waals surface area contributed by atoms with Crippen molar-refractivity contribution in [1.82, 2.24) is 0 Å². The Kier molecular flexibility index (Phi) is 0.827. The van der Waals surface area contributed by atoms with Crippen LogP contribution in [-0.2, 0) is 6.18 Å². The first-order valence-corrected chi connectivity index (χ1v) is 2.86. The summed E-state index contributed by atoms with van der Waals surface area (Å²) in [6.45, 7) is -3.07. The summed E-state index contributed by atoms with van der Waals surface area (Å²) in [5.41, 5.74) is 1.41. The molecule has 2 N–H and O–H groups in total. The van der Waals surface area contributed by atoms with Crippen molar-refractivity contribution in [1.29, 1.82) is 0 Å². The molecular weight excluding hydrogens is 167 g/mol. The number of nitrogens with two attached hydrogens (primary N) is 1. The smallest absolute Gasteiger partial charge is 0.399 e. The van der Waals surface area contributed by atoms with E-state index >= 15 is 0 Å². The Labute approximate surface area is 76.4 Å². The van der Waals surface area contributed by atoms with Crippen LogP contribution in [0.15, 0.2) is 18.1 Å². The van der Waals surface area contributed by atoms with Crippen molar-refractivity contribution in [2.24, 2.45) is 0 Å². The molecule has 66 valence electrons. The maximum Gasteiger partial charge on any atom is 0.416 e. The molecule has 0 saturated heterocycles. The summed E-state index contributed by atoms with van der Waals surface area (Å²) in [6.07, 6.45) is -5.07. The maximum atomic E-state index is 12.6. The van der Waals surface area contributed by atoms with Gasteiger partial charge in [-0.3, -0.25) is 0 Å². The second-order valence-electron chi connectivity index (χ2n) is 2.04. The van der Waals surface area contributed by atoms with Crippen molar-refractivity contribution in [3.8, 4) is 0 Å². The van der Waals surface area contributed by atoms with E-state index in [0.717, 1.165) is 0 Å². The third kappa shape index (κ3) is 1.90. The molecule has 4 heteroatoms. The molecule has 0 aliphatic carbocycles. The van der Waals surface area contributed by atoms with Crippen LogP contribution in [-0.4, -0.2) is 0 Å². The summed E-state index contributed by atoms with van der Waals surface area (Å²) in [5.74, 6) is 0. The molecule has 0 aliphatic heterocycles. The van der Waals surface area contributed by atoms with E-state index in [1.807, 2.05) is 0 Å². The molecule has 0 aromatic heterocycles. The normalized spacial score (nSPS) is 19.9. The van der Waals surface area contributed by atoms with E-state index in [-0.39, 0.29) is 0 Å². The quantitative estimate of drug-likeness (QED) is 0.611. The Morgan fingerprint density at radius 2 is 2.08 bits per heavy atom. The van der Waals surface area contributed by atoms with Crippen LogP contribution >= 0.6 is 0 Å². The van der Waals surface area contributed by atoms with Gasteiger partial charge in [-0.05, 0) is 30.5 Å². The highest BCUT2D eigenvalue weighted by atomic mass is 19.4. The molecule has 1 nitrogen and oxygen atoms in total. The van der Waals surface area contributed by atoms with Gasteiger partial charge >= 0.3 is 6.18 Å². The fourth-order valence-electron chi connectivity index (χ4n) is 0.630. The van der Waals surface area contributed by atoms with E-state index in [2.05, 4.69) is 0 Å². The summed E-state index contributed by atoms with van der Waals surface area (Å²) in [7, 11) is 0. The predicted octanol–water partition coefficient (Wildman–Crippen LogP) is 2.60. The predicted molar refractivity (Wildman–Crippen MR) is 40.6 cm³/mol. The van der Waals surface area contributed by atoms with Crippen LogP contribution < -0.4 is 5.73 Å². The first kappa shape index (κ1) is 3.68. The minimum Gasteiger partial charge on any atom is -0.399 e. The van der Waals surface area contributed by atoms with Crippen LogP contribution in [0.4, 0.5) is 18.9 Å². The summed E-state index contributed by atoms with van der Waals surface area (Å²) in [6, 6.07) is -3.57. The number of rotatable bonds is 0. The molecule has 1 rings (SSSR count). The molecule has 0 heterocycles. The van der Waals surface area contributed by atoms with Crippen molar-refractivity contribution in [2.45, 2.75) is 13.0 Å². The zero-order valence-electron chi connectivity index (χ0n) is 11.7. The van der Waals surface area contributed by atoms with Gasteiger partial charge in [0, 0.05) is 9.80 Å². The van der Waals surface area contributed by atoms with Crippen LogP contribution in [0.5, 0.6) is 0 Å². The minimum absolute atomic E-state index is 0.899. The molecule has 0 amide bonds. The van der Waals surface area contributed by atoms with Gasteiger partial charge < -0.3 is 5.73 Å². The van der Waals surface area contributed by atoms with Crippen LogP contribution in [0.2, 0.25) is 0 Å². The third-order valence-electron chi connectivity index (χ3n) is 1.05. The van der Waals surface area contributed by atoms with Crippen molar-refractivity contribution in [2.75, 3.05) is 5.73 Å². The van der Waals surface area contributed by atoms with Gasteiger partial charge in [0.25, 0.3) is 0 Å². The van der Waals surface area contributed by atoms with Gasteiger partial charge in [-0.1, -0.05) is 0 Å². The van der Waals surface area contributed by atoms with E-state index in [9.17, 15) is 13.2 Å². The highest BCUT2D eigenvalue weighted by molar-refractivity contribution is 5.45. The van der Waals surface area contributed by atoms with Gasteiger partial charge in [0.05, 0.1) is 9.68 Å². The molecule has 0 radical (unpaired) electrons. The van der Waals surface area contributed by atoms with Crippen LogP contribution in [0.25, 0.3) is 0 Å². The molecule has 0 aliphatic rings. The lowest BCUT2D eigenvalue weighted by atomic mass is 10.1. The van der Waals surface area contributed by atoms with Crippen LogP contribution in [0, 0.1) is 6.85 Å². The lowest BCUT2D eigenvalue weighted by Gasteiger charge is -2.07. The second-order valence-corrected chi connectivity index (χ2v) is 2.04. The van der Waals surface area contributed by atoms with E-state index in [4.69, 9.17) is 14.0 Å². The highest BCUT2D eigenvalue weighted by Gasteiger charge is 2.30. The molecule has 12 heavy (non-hydrogen) atoms. The average Bonchev–Trinajstić information content (AvgIpc) is 2.09. The van der Waals surface area contributed by atoms with Crippen molar-refractivity contribution < 1.29 is 21.4 Å². The summed E-state index contributed by atoms with van der Waals surface area (Å²) >= 11 is 0. The molecular formula is C8H8F3N. The Morgan fingerprint density at radius 1 is 1.42 bits per heavy atom. The zero-order valence-corrected chi connectivity index (χ0v) is 5.71. The van der Waals surface area contributed by atoms with Crippen LogP contribution in [0.1, 0.15) is 19.4 Å². The topological polar surface area (TPSA) is 26.0 Å². The highest BCUT2D eigenvalue weighted by Crippen LogP contribution is 2.30. The lowest BCUT2D eigenvalue weighted by molar-refractivity contribution is -0.137. The number of alkyl halides is 3. The molecule has 1 aromatic carbocycles. The Bertz CT molecular complexity index is 452. The van der Waals surface area contributed by atoms with Gasteiger partial charge in [0.2, 0.25) is 0 Å². The summed E-state index contributed by atoms with van der Waals surface area (Å²) < 4.78 is 80.8. The van der Waals surface area contributed by atoms with Crippen molar-refractivity contribution in [3.05, 3.63) is 29.3 Å². The van der Waals surface area contributed by atoms with Crippen molar-refractivity contribution >= 4 is 5.69 Å². The first-order valence-electron chi connectivity index (χ1n) is 5.86. The molecule has 0 unspecified atom stereocenters. The van der Waals surface area contributed by atoms with E-state index in [1.54, 1.807) is 0 Å². The summed E-state index contributed by atoms with van der Waals surface area (Å²) in [5, 5.41) is 0. The summed E-state index contributed by atoms with van der Waals surface area (Å²) in [4.78, 5) is 0. The van der Waals surface area contributed by atoms with Gasteiger partial charge in [-0.2, -0.15) is 13.2 Å².